The summed E-state index contributed by atoms with van der Waals surface area (Å²) in [4.78, 5) is 24.8. The van der Waals surface area contributed by atoms with Crippen LogP contribution in [0.15, 0.2) is 47.8 Å². The molecule has 1 heterocycles. The zero-order chi connectivity index (χ0) is 17.7. The Bertz CT molecular complexity index is 626. The highest BCUT2D eigenvalue weighted by molar-refractivity contribution is 7.09. The summed E-state index contributed by atoms with van der Waals surface area (Å²) in [6, 6.07) is 13.5. The van der Waals surface area contributed by atoms with Crippen LogP contribution in [0, 0.1) is 0 Å². The molecule has 0 saturated carbocycles. The number of para-hydroxylation sites is 1. The lowest BCUT2D eigenvalue weighted by molar-refractivity contribution is -0.143. The summed E-state index contributed by atoms with van der Waals surface area (Å²) in [5.74, 6) is -0.293. The second kappa shape index (κ2) is 11.4. The van der Waals surface area contributed by atoms with Crippen LogP contribution in [-0.4, -0.2) is 18.5 Å². The number of hydrogen-bond acceptors (Lipinski definition) is 4. The van der Waals surface area contributed by atoms with Crippen molar-refractivity contribution in [2.75, 3.05) is 11.9 Å². The van der Waals surface area contributed by atoms with Gasteiger partial charge in [0.05, 0.1) is 6.61 Å². The van der Waals surface area contributed by atoms with Gasteiger partial charge in [-0.05, 0) is 55.7 Å². The third kappa shape index (κ3) is 8.49. The van der Waals surface area contributed by atoms with Crippen molar-refractivity contribution in [1.29, 1.82) is 0 Å². The molecular formula is C20H25NO3S. The molecule has 0 saturated heterocycles. The average molecular weight is 359 g/mol. The number of nitrogens with one attached hydrogen (secondary N) is 1. The first-order valence-corrected chi connectivity index (χ1v) is 9.65. The molecule has 1 aromatic heterocycles. The number of thiophene rings is 1. The molecule has 1 aromatic carbocycles. The normalized spacial score (nSPS) is 10.4. The Hall–Kier alpha value is -2.14. The van der Waals surface area contributed by atoms with Crippen molar-refractivity contribution >= 4 is 28.9 Å². The van der Waals surface area contributed by atoms with Crippen LogP contribution < -0.4 is 5.32 Å². The summed E-state index contributed by atoms with van der Waals surface area (Å²) < 4.78 is 5.21. The van der Waals surface area contributed by atoms with Crippen molar-refractivity contribution in [2.24, 2.45) is 0 Å². The standard InChI is InChI=1S/C20H25NO3S/c22-19(21-17-9-3-1-4-10-17)13-7-14-20(23)24-15-6-2-5-11-18-12-8-16-25-18/h1,3-4,8-10,12,16H,2,5-7,11,13-15H2,(H,21,22). The van der Waals surface area contributed by atoms with Crippen molar-refractivity contribution in [3.8, 4) is 0 Å². The second-order valence-corrected chi connectivity index (χ2v) is 6.91. The lowest BCUT2D eigenvalue weighted by Crippen LogP contribution is -2.12. The molecule has 2 rings (SSSR count). The zero-order valence-electron chi connectivity index (χ0n) is 14.4. The Morgan fingerprint density at radius 1 is 0.920 bits per heavy atom. The Morgan fingerprint density at radius 3 is 2.52 bits per heavy atom. The minimum Gasteiger partial charge on any atom is -0.466 e. The largest absolute Gasteiger partial charge is 0.466 e. The van der Waals surface area contributed by atoms with Crippen LogP contribution >= 0.6 is 11.3 Å². The van der Waals surface area contributed by atoms with Gasteiger partial charge in [-0.1, -0.05) is 24.3 Å². The van der Waals surface area contributed by atoms with Gasteiger partial charge >= 0.3 is 5.97 Å². The molecule has 0 radical (unpaired) electrons. The van der Waals surface area contributed by atoms with Crippen molar-refractivity contribution in [2.45, 2.75) is 44.9 Å². The predicted octanol–water partition coefficient (Wildman–Crippen LogP) is 4.81. The molecule has 0 aliphatic rings. The van der Waals surface area contributed by atoms with Gasteiger partial charge in [-0.2, -0.15) is 0 Å². The number of benzene rings is 1. The number of ether oxygens (including phenoxy) is 1. The smallest absolute Gasteiger partial charge is 0.305 e. The van der Waals surface area contributed by atoms with E-state index in [1.54, 1.807) is 11.3 Å². The Kier molecular flexibility index (Phi) is 8.77. The van der Waals surface area contributed by atoms with Gasteiger partial charge in [0, 0.05) is 23.4 Å². The molecule has 1 N–H and O–H groups in total. The van der Waals surface area contributed by atoms with Crippen LogP contribution in [0.3, 0.4) is 0 Å². The first-order valence-electron chi connectivity index (χ1n) is 8.77. The van der Waals surface area contributed by atoms with Gasteiger partial charge in [0.1, 0.15) is 0 Å². The number of hydrogen-bond donors (Lipinski definition) is 1. The zero-order valence-corrected chi connectivity index (χ0v) is 15.2. The third-order valence-electron chi connectivity index (χ3n) is 3.75. The predicted molar refractivity (Wildman–Crippen MR) is 102 cm³/mol. The lowest BCUT2D eigenvalue weighted by Gasteiger charge is -2.06. The quantitative estimate of drug-likeness (QED) is 0.462. The third-order valence-corrected chi connectivity index (χ3v) is 4.69. The van der Waals surface area contributed by atoms with Crippen molar-refractivity contribution in [1.82, 2.24) is 0 Å². The van der Waals surface area contributed by atoms with E-state index < -0.39 is 0 Å². The lowest BCUT2D eigenvalue weighted by atomic mass is 10.2. The van der Waals surface area contributed by atoms with Gasteiger partial charge in [0.2, 0.25) is 5.91 Å². The molecule has 1 amide bonds. The molecule has 0 fully saturated rings. The highest BCUT2D eigenvalue weighted by atomic mass is 32.1. The number of esters is 1. The van der Waals surface area contributed by atoms with Gasteiger partial charge in [-0.25, -0.2) is 0 Å². The minimum absolute atomic E-state index is 0.0763. The molecule has 2 aromatic rings. The van der Waals surface area contributed by atoms with Crippen LogP contribution in [0.25, 0.3) is 0 Å². The van der Waals surface area contributed by atoms with Gasteiger partial charge in [0.25, 0.3) is 0 Å². The van der Waals surface area contributed by atoms with E-state index in [2.05, 4.69) is 22.8 Å². The van der Waals surface area contributed by atoms with E-state index in [4.69, 9.17) is 4.74 Å². The molecule has 0 spiro atoms. The fourth-order valence-corrected chi connectivity index (χ4v) is 3.18. The summed E-state index contributed by atoms with van der Waals surface area (Å²) in [7, 11) is 0. The van der Waals surface area contributed by atoms with Crippen molar-refractivity contribution in [3.63, 3.8) is 0 Å². The summed E-state index contributed by atoms with van der Waals surface area (Å²) in [5.41, 5.74) is 0.776. The molecule has 134 valence electrons. The molecule has 4 nitrogen and oxygen atoms in total. The number of aryl methyl sites for hydroxylation is 1. The van der Waals surface area contributed by atoms with E-state index in [-0.39, 0.29) is 18.3 Å². The number of carbonyl (C=O) groups excluding carboxylic acids is 2. The van der Waals surface area contributed by atoms with E-state index in [0.29, 0.717) is 19.4 Å². The van der Waals surface area contributed by atoms with E-state index in [9.17, 15) is 9.59 Å². The van der Waals surface area contributed by atoms with Crippen LogP contribution in [-0.2, 0) is 20.7 Å². The second-order valence-electron chi connectivity index (χ2n) is 5.88. The highest BCUT2D eigenvalue weighted by Crippen LogP contribution is 2.13. The van der Waals surface area contributed by atoms with Gasteiger partial charge < -0.3 is 10.1 Å². The molecule has 0 atom stereocenters. The topological polar surface area (TPSA) is 55.4 Å². The summed E-state index contributed by atoms with van der Waals surface area (Å²) >= 11 is 1.79. The Labute approximate surface area is 153 Å². The van der Waals surface area contributed by atoms with E-state index in [1.807, 2.05) is 30.3 Å². The van der Waals surface area contributed by atoms with Gasteiger partial charge in [0.15, 0.2) is 0 Å². The molecular weight excluding hydrogens is 334 g/mol. The van der Waals surface area contributed by atoms with Crippen LogP contribution in [0.1, 0.15) is 43.4 Å². The molecule has 5 heteroatoms. The van der Waals surface area contributed by atoms with Crippen molar-refractivity contribution in [3.05, 3.63) is 52.7 Å². The maximum atomic E-state index is 11.8. The van der Waals surface area contributed by atoms with E-state index >= 15 is 0 Å². The average Bonchev–Trinajstić information content (AvgIpc) is 3.12. The van der Waals surface area contributed by atoms with Crippen LogP contribution in [0.5, 0.6) is 0 Å². The number of unbranched alkanes of at least 4 members (excludes halogenated alkanes) is 2. The maximum absolute atomic E-state index is 11.8. The fourth-order valence-electron chi connectivity index (χ4n) is 2.43. The molecule has 0 aliphatic carbocycles. The monoisotopic (exact) mass is 359 g/mol. The summed E-state index contributed by atoms with van der Waals surface area (Å²) in [6.45, 7) is 0.472. The molecule has 0 unspecified atom stereocenters. The van der Waals surface area contributed by atoms with Crippen LogP contribution in [0.4, 0.5) is 5.69 Å². The number of anilines is 1. The first-order chi connectivity index (χ1) is 12.2. The highest BCUT2D eigenvalue weighted by Gasteiger charge is 2.06. The maximum Gasteiger partial charge on any atom is 0.305 e. The number of amides is 1. The Morgan fingerprint density at radius 2 is 1.76 bits per heavy atom. The molecule has 0 aliphatic heterocycles. The summed E-state index contributed by atoms with van der Waals surface area (Å²) in [5, 5.41) is 4.90. The number of carbonyl (C=O) groups is 2. The molecule has 25 heavy (non-hydrogen) atoms. The first kappa shape index (κ1) is 19.2. The van der Waals surface area contributed by atoms with Gasteiger partial charge in [-0.15, -0.1) is 11.3 Å². The van der Waals surface area contributed by atoms with Crippen LogP contribution in [0.2, 0.25) is 0 Å². The summed E-state index contributed by atoms with van der Waals surface area (Å²) in [6.07, 6.45) is 5.30. The number of rotatable bonds is 11. The fraction of sp³-hybridized carbons (Fsp3) is 0.400. The van der Waals surface area contributed by atoms with E-state index in [0.717, 1.165) is 31.4 Å². The molecule has 0 bridgehead atoms. The minimum atomic E-state index is -0.217. The van der Waals surface area contributed by atoms with Gasteiger partial charge in [-0.3, -0.25) is 9.59 Å². The SMILES string of the molecule is O=C(CCCC(=O)OCCCCCc1cccs1)Nc1ccccc1. The Balaban J connectivity index is 1.44. The van der Waals surface area contributed by atoms with Crippen molar-refractivity contribution < 1.29 is 14.3 Å². The van der Waals surface area contributed by atoms with E-state index in [1.165, 1.54) is 4.88 Å².